The predicted molar refractivity (Wildman–Crippen MR) is 61.7 cm³/mol. The summed E-state index contributed by atoms with van der Waals surface area (Å²) in [7, 11) is 0. The second-order valence-electron chi connectivity index (χ2n) is 4.14. The highest BCUT2D eigenvalue weighted by molar-refractivity contribution is 7.12. The molecule has 0 aromatic carbocycles. The molecule has 1 N–H and O–H groups in total. The molecule has 18 heavy (non-hydrogen) atoms. The van der Waals surface area contributed by atoms with Gasteiger partial charge in [-0.15, -0.1) is 11.3 Å². The van der Waals surface area contributed by atoms with Crippen LogP contribution < -0.4 is 4.90 Å². The van der Waals surface area contributed by atoms with Gasteiger partial charge in [0.2, 0.25) is 0 Å². The van der Waals surface area contributed by atoms with E-state index in [2.05, 4.69) is 0 Å². The average molecular weight is 267 g/mol. The molecule has 1 aromatic heterocycles. The standard InChI is InChI=1S/C11H9NO5S/c13-9-6-1-2-7(17-6)10(14)12(9)5-3-4-18-8(5)11(15)16/h3-4,6-7H,1-2H2,(H,15,16). The number of carboxylic acid groups (broad SMARTS) is 1. The summed E-state index contributed by atoms with van der Waals surface area (Å²) in [5.74, 6) is -2.07. The van der Waals surface area contributed by atoms with Gasteiger partial charge in [0.1, 0.15) is 17.1 Å². The van der Waals surface area contributed by atoms with Crippen LogP contribution in [0.2, 0.25) is 0 Å². The van der Waals surface area contributed by atoms with E-state index in [0.29, 0.717) is 12.8 Å². The van der Waals surface area contributed by atoms with Gasteiger partial charge in [-0.05, 0) is 24.3 Å². The molecule has 0 radical (unpaired) electrons. The summed E-state index contributed by atoms with van der Waals surface area (Å²) in [4.78, 5) is 36.1. The monoisotopic (exact) mass is 267 g/mol. The third kappa shape index (κ3) is 1.48. The number of amides is 2. The van der Waals surface area contributed by atoms with Crippen LogP contribution in [0.15, 0.2) is 11.4 Å². The molecule has 2 amide bonds. The van der Waals surface area contributed by atoms with Gasteiger partial charge in [0.15, 0.2) is 0 Å². The van der Waals surface area contributed by atoms with Crippen molar-refractivity contribution in [1.82, 2.24) is 0 Å². The van der Waals surface area contributed by atoms with Crippen LogP contribution in [0.5, 0.6) is 0 Å². The van der Waals surface area contributed by atoms with Crippen LogP contribution in [0.3, 0.4) is 0 Å². The molecule has 6 nitrogen and oxygen atoms in total. The largest absolute Gasteiger partial charge is 0.477 e. The Balaban J connectivity index is 2.05. The number of carboxylic acids is 1. The number of imide groups is 1. The lowest BCUT2D eigenvalue weighted by Gasteiger charge is -2.29. The van der Waals surface area contributed by atoms with Crippen LogP contribution in [0.1, 0.15) is 22.5 Å². The van der Waals surface area contributed by atoms with Gasteiger partial charge in [-0.1, -0.05) is 0 Å². The zero-order chi connectivity index (χ0) is 12.9. The quantitative estimate of drug-likeness (QED) is 0.804. The number of hydrogen-bond donors (Lipinski definition) is 1. The Hall–Kier alpha value is -1.73. The van der Waals surface area contributed by atoms with Crippen molar-refractivity contribution in [3.63, 3.8) is 0 Å². The molecule has 0 aliphatic carbocycles. The highest BCUT2D eigenvalue weighted by atomic mass is 32.1. The molecule has 3 rings (SSSR count). The van der Waals surface area contributed by atoms with E-state index in [-0.39, 0.29) is 10.6 Å². The zero-order valence-corrected chi connectivity index (χ0v) is 9.98. The number of nitrogens with zero attached hydrogens (tertiary/aromatic N) is 1. The van der Waals surface area contributed by atoms with Crippen molar-refractivity contribution >= 4 is 34.8 Å². The number of carbonyl (C=O) groups excluding carboxylic acids is 2. The van der Waals surface area contributed by atoms with E-state index in [4.69, 9.17) is 9.84 Å². The van der Waals surface area contributed by atoms with Gasteiger partial charge in [0.05, 0.1) is 5.69 Å². The normalized spacial score (nSPS) is 26.8. The van der Waals surface area contributed by atoms with Gasteiger partial charge in [-0.3, -0.25) is 9.59 Å². The molecule has 3 heterocycles. The smallest absolute Gasteiger partial charge is 0.348 e. The van der Waals surface area contributed by atoms with Crippen molar-refractivity contribution in [3.8, 4) is 0 Å². The predicted octanol–water partition coefficient (Wildman–Crippen LogP) is 0.867. The minimum Gasteiger partial charge on any atom is -0.477 e. The fraction of sp³-hybridized carbons (Fsp3) is 0.364. The van der Waals surface area contributed by atoms with Gasteiger partial charge in [-0.2, -0.15) is 0 Å². The van der Waals surface area contributed by atoms with E-state index in [1.165, 1.54) is 6.07 Å². The summed E-state index contributed by atoms with van der Waals surface area (Å²) in [6.07, 6.45) is -0.209. The summed E-state index contributed by atoms with van der Waals surface area (Å²) in [6.45, 7) is 0. The number of anilines is 1. The van der Waals surface area contributed by atoms with Crippen molar-refractivity contribution in [2.45, 2.75) is 25.0 Å². The van der Waals surface area contributed by atoms with Crippen LogP contribution in [-0.2, 0) is 14.3 Å². The third-order valence-electron chi connectivity index (χ3n) is 3.09. The van der Waals surface area contributed by atoms with Crippen molar-refractivity contribution in [2.75, 3.05) is 4.90 Å². The zero-order valence-electron chi connectivity index (χ0n) is 9.16. The van der Waals surface area contributed by atoms with Gasteiger partial charge in [0, 0.05) is 0 Å². The molecule has 2 aliphatic heterocycles. The maximum absolute atomic E-state index is 12.1. The number of ether oxygens (including phenoxy) is 1. The molecule has 1 aromatic rings. The number of fused-ring (bicyclic) bond motifs is 2. The minimum absolute atomic E-state index is 0.00185. The number of thiophene rings is 1. The SMILES string of the molecule is O=C(O)c1sccc1N1C(=O)C2CCC(O2)C1=O. The van der Waals surface area contributed by atoms with Crippen LogP contribution in [0.4, 0.5) is 5.69 Å². The lowest BCUT2D eigenvalue weighted by molar-refractivity contribution is -0.146. The average Bonchev–Trinajstić information content (AvgIpc) is 2.95. The summed E-state index contributed by atoms with van der Waals surface area (Å²) >= 11 is 0.992. The first-order chi connectivity index (χ1) is 8.59. The van der Waals surface area contributed by atoms with Gasteiger partial charge in [0.25, 0.3) is 11.8 Å². The van der Waals surface area contributed by atoms with Crippen molar-refractivity contribution in [1.29, 1.82) is 0 Å². The van der Waals surface area contributed by atoms with Crippen molar-refractivity contribution in [3.05, 3.63) is 16.3 Å². The van der Waals surface area contributed by atoms with Gasteiger partial charge in [-0.25, -0.2) is 9.69 Å². The summed E-state index contributed by atoms with van der Waals surface area (Å²) < 4.78 is 5.27. The molecule has 0 saturated carbocycles. The number of carbonyl (C=O) groups is 3. The van der Waals surface area contributed by atoms with Gasteiger partial charge < -0.3 is 9.84 Å². The summed E-state index contributed by atoms with van der Waals surface area (Å²) in [6, 6.07) is 1.48. The van der Waals surface area contributed by atoms with Crippen molar-refractivity contribution < 1.29 is 24.2 Å². The first-order valence-electron chi connectivity index (χ1n) is 5.43. The maximum Gasteiger partial charge on any atom is 0.348 e. The molecule has 0 spiro atoms. The van der Waals surface area contributed by atoms with E-state index < -0.39 is 30.0 Å². The summed E-state index contributed by atoms with van der Waals surface area (Å²) in [5.41, 5.74) is 0.155. The van der Waals surface area contributed by atoms with E-state index in [9.17, 15) is 14.4 Å². The molecule has 2 aliphatic rings. The fourth-order valence-electron chi connectivity index (χ4n) is 2.27. The van der Waals surface area contributed by atoms with Crippen LogP contribution in [0.25, 0.3) is 0 Å². The number of aromatic carboxylic acids is 1. The third-order valence-corrected chi connectivity index (χ3v) is 3.98. The van der Waals surface area contributed by atoms with E-state index in [1.807, 2.05) is 0 Å². The number of morpholine rings is 1. The Labute approximate surface area is 106 Å². The molecular formula is C11H9NO5S. The first-order valence-corrected chi connectivity index (χ1v) is 6.31. The Kier molecular flexibility index (Phi) is 2.46. The first kappa shape index (κ1) is 11.4. The maximum atomic E-state index is 12.1. The second-order valence-corrected chi connectivity index (χ2v) is 5.06. The van der Waals surface area contributed by atoms with Crippen LogP contribution in [0, 0.1) is 0 Å². The highest BCUT2D eigenvalue weighted by Crippen LogP contribution is 2.35. The molecule has 2 saturated heterocycles. The molecule has 94 valence electrons. The van der Waals surface area contributed by atoms with E-state index in [1.54, 1.807) is 5.38 Å². The molecule has 2 fully saturated rings. The Morgan fingerprint density at radius 2 is 1.94 bits per heavy atom. The Morgan fingerprint density at radius 3 is 2.50 bits per heavy atom. The second kappa shape index (κ2) is 3.89. The Morgan fingerprint density at radius 1 is 1.33 bits per heavy atom. The number of rotatable bonds is 2. The molecule has 7 heteroatoms. The topological polar surface area (TPSA) is 83.9 Å². The van der Waals surface area contributed by atoms with Gasteiger partial charge >= 0.3 is 5.97 Å². The molecule has 2 bridgehead atoms. The lowest BCUT2D eigenvalue weighted by atomic mass is 10.2. The number of hydrogen-bond acceptors (Lipinski definition) is 5. The van der Waals surface area contributed by atoms with Crippen molar-refractivity contribution in [2.24, 2.45) is 0 Å². The highest BCUT2D eigenvalue weighted by Gasteiger charge is 2.48. The molecule has 2 unspecified atom stereocenters. The minimum atomic E-state index is -1.14. The molecular weight excluding hydrogens is 258 g/mol. The fourth-order valence-corrected chi connectivity index (χ4v) is 2.99. The van der Waals surface area contributed by atoms with E-state index in [0.717, 1.165) is 16.2 Å². The summed E-state index contributed by atoms with van der Waals surface area (Å²) in [5, 5.41) is 10.6. The van der Waals surface area contributed by atoms with Crippen LogP contribution in [-0.4, -0.2) is 35.1 Å². The van der Waals surface area contributed by atoms with E-state index >= 15 is 0 Å². The Bertz CT molecular complexity index is 529. The van der Waals surface area contributed by atoms with Crippen LogP contribution >= 0.6 is 11.3 Å². The molecule has 2 atom stereocenters. The lowest BCUT2D eigenvalue weighted by Crippen LogP contribution is -2.52.